The molecule has 96 valence electrons. The summed E-state index contributed by atoms with van der Waals surface area (Å²) in [5.74, 6) is -0.271. The number of benzene rings is 1. The predicted molar refractivity (Wildman–Crippen MR) is 71.9 cm³/mol. The Kier molecular flexibility index (Phi) is 7.15. The van der Waals surface area contributed by atoms with E-state index in [9.17, 15) is 4.79 Å². The Bertz CT molecular complexity index is 386. The van der Waals surface area contributed by atoms with E-state index in [-0.39, 0.29) is 24.9 Å². The highest BCUT2D eigenvalue weighted by molar-refractivity contribution is 6.30. The van der Waals surface area contributed by atoms with Gasteiger partial charge in [0.05, 0.1) is 6.61 Å². The molecule has 0 heterocycles. The number of rotatable bonds is 4. The Morgan fingerprint density at radius 2 is 2.24 bits per heavy atom. The number of nitrogens with one attached hydrogen (secondary N) is 1. The lowest BCUT2D eigenvalue weighted by Crippen LogP contribution is -2.39. The standard InChI is InChI=1S/C11H15ClN2O2.ClH/c1-7-5-8(12)3-4-10(7)14-11(15)9(13)6-16-2;/h3-5,9H,6,13H2,1-2H3,(H,14,15);1H. The quantitative estimate of drug-likeness (QED) is 0.885. The fraction of sp³-hybridized carbons (Fsp3) is 0.364. The van der Waals surface area contributed by atoms with E-state index in [1.165, 1.54) is 7.11 Å². The van der Waals surface area contributed by atoms with Crippen LogP contribution in [0.2, 0.25) is 5.02 Å². The van der Waals surface area contributed by atoms with Gasteiger partial charge in [0.15, 0.2) is 0 Å². The van der Waals surface area contributed by atoms with E-state index in [2.05, 4.69) is 5.32 Å². The van der Waals surface area contributed by atoms with Gasteiger partial charge >= 0.3 is 0 Å². The molecule has 0 saturated heterocycles. The zero-order valence-corrected chi connectivity index (χ0v) is 11.3. The van der Waals surface area contributed by atoms with Gasteiger partial charge in [-0.25, -0.2) is 0 Å². The Morgan fingerprint density at radius 1 is 1.59 bits per heavy atom. The normalized spacial score (nSPS) is 11.5. The van der Waals surface area contributed by atoms with Crippen molar-refractivity contribution >= 4 is 35.6 Å². The highest BCUT2D eigenvalue weighted by atomic mass is 35.5. The largest absolute Gasteiger partial charge is 0.383 e. The van der Waals surface area contributed by atoms with Gasteiger partial charge in [-0.2, -0.15) is 0 Å². The zero-order chi connectivity index (χ0) is 12.1. The van der Waals surface area contributed by atoms with Crippen LogP contribution in [0.4, 0.5) is 5.69 Å². The van der Waals surface area contributed by atoms with Gasteiger partial charge < -0.3 is 15.8 Å². The summed E-state index contributed by atoms with van der Waals surface area (Å²) in [7, 11) is 1.50. The molecule has 1 atom stereocenters. The summed E-state index contributed by atoms with van der Waals surface area (Å²) in [6.45, 7) is 2.06. The van der Waals surface area contributed by atoms with Crippen molar-refractivity contribution in [2.45, 2.75) is 13.0 Å². The van der Waals surface area contributed by atoms with Crippen LogP contribution in [0.1, 0.15) is 5.56 Å². The molecule has 6 heteroatoms. The Labute approximate surface area is 112 Å². The van der Waals surface area contributed by atoms with Crippen LogP contribution < -0.4 is 11.1 Å². The third kappa shape index (κ3) is 4.91. The monoisotopic (exact) mass is 278 g/mol. The first-order valence-corrected chi connectivity index (χ1v) is 5.24. The number of nitrogens with two attached hydrogens (primary N) is 1. The van der Waals surface area contributed by atoms with Crippen molar-refractivity contribution in [3.8, 4) is 0 Å². The van der Waals surface area contributed by atoms with Gasteiger partial charge in [-0.05, 0) is 30.7 Å². The van der Waals surface area contributed by atoms with E-state index < -0.39 is 6.04 Å². The maximum Gasteiger partial charge on any atom is 0.243 e. The molecule has 1 aromatic rings. The van der Waals surface area contributed by atoms with Gasteiger partial charge in [0, 0.05) is 17.8 Å². The van der Waals surface area contributed by atoms with E-state index in [1.54, 1.807) is 18.2 Å². The van der Waals surface area contributed by atoms with Crippen LogP contribution in [-0.2, 0) is 9.53 Å². The number of hydrogen-bond donors (Lipinski definition) is 2. The van der Waals surface area contributed by atoms with Crippen molar-refractivity contribution < 1.29 is 9.53 Å². The molecule has 3 N–H and O–H groups in total. The number of carbonyl (C=O) groups excluding carboxylic acids is 1. The van der Waals surface area contributed by atoms with Crippen molar-refractivity contribution in [2.75, 3.05) is 19.0 Å². The molecule has 1 unspecified atom stereocenters. The first-order chi connectivity index (χ1) is 7.54. The lowest BCUT2D eigenvalue weighted by molar-refractivity contribution is -0.118. The molecule has 17 heavy (non-hydrogen) atoms. The second-order valence-corrected chi connectivity index (χ2v) is 3.95. The van der Waals surface area contributed by atoms with Gasteiger partial charge in [-0.1, -0.05) is 11.6 Å². The molecule has 0 radical (unpaired) electrons. The molecule has 0 spiro atoms. The van der Waals surface area contributed by atoms with Crippen LogP contribution in [-0.4, -0.2) is 25.7 Å². The number of halogens is 2. The molecule has 0 aliphatic rings. The van der Waals surface area contributed by atoms with Gasteiger partial charge in [-0.15, -0.1) is 12.4 Å². The number of hydrogen-bond acceptors (Lipinski definition) is 3. The molecule has 0 aliphatic heterocycles. The minimum atomic E-state index is -0.667. The Balaban J connectivity index is 0.00000256. The van der Waals surface area contributed by atoms with Crippen LogP contribution in [0.15, 0.2) is 18.2 Å². The van der Waals surface area contributed by atoms with E-state index in [0.29, 0.717) is 10.7 Å². The summed E-state index contributed by atoms with van der Waals surface area (Å²) in [5.41, 5.74) is 7.20. The maximum absolute atomic E-state index is 11.6. The topological polar surface area (TPSA) is 64.3 Å². The van der Waals surface area contributed by atoms with E-state index in [1.807, 2.05) is 6.92 Å². The molecule has 0 fully saturated rings. The molecule has 0 saturated carbocycles. The highest BCUT2D eigenvalue weighted by Gasteiger charge is 2.13. The minimum Gasteiger partial charge on any atom is -0.383 e. The van der Waals surface area contributed by atoms with Gasteiger partial charge in [-0.3, -0.25) is 4.79 Å². The smallest absolute Gasteiger partial charge is 0.243 e. The van der Waals surface area contributed by atoms with Crippen LogP contribution in [0.5, 0.6) is 0 Å². The Morgan fingerprint density at radius 3 is 2.76 bits per heavy atom. The number of anilines is 1. The Hall–Kier alpha value is -0.810. The summed E-state index contributed by atoms with van der Waals surface area (Å²) in [4.78, 5) is 11.6. The first kappa shape index (κ1) is 16.2. The third-order valence-electron chi connectivity index (χ3n) is 2.13. The van der Waals surface area contributed by atoms with Crippen LogP contribution >= 0.6 is 24.0 Å². The molecular formula is C11H16Cl2N2O2. The van der Waals surface area contributed by atoms with Crippen LogP contribution in [0.25, 0.3) is 0 Å². The van der Waals surface area contributed by atoms with Gasteiger partial charge in [0.2, 0.25) is 5.91 Å². The molecule has 1 rings (SSSR count). The SMILES string of the molecule is COCC(N)C(=O)Nc1ccc(Cl)cc1C.Cl. The third-order valence-corrected chi connectivity index (χ3v) is 2.36. The molecule has 1 aromatic carbocycles. The second kappa shape index (κ2) is 7.50. The van der Waals surface area contributed by atoms with Crippen molar-refractivity contribution in [3.05, 3.63) is 28.8 Å². The predicted octanol–water partition coefficient (Wildman–Crippen LogP) is 1.98. The van der Waals surface area contributed by atoms with Crippen molar-refractivity contribution in [2.24, 2.45) is 5.73 Å². The molecule has 0 aromatic heterocycles. The minimum absolute atomic E-state index is 0. The summed E-state index contributed by atoms with van der Waals surface area (Å²) in [6.07, 6.45) is 0. The average molecular weight is 279 g/mol. The maximum atomic E-state index is 11.6. The number of amides is 1. The fourth-order valence-corrected chi connectivity index (χ4v) is 1.47. The van der Waals surface area contributed by atoms with Crippen LogP contribution in [0, 0.1) is 6.92 Å². The molecule has 4 nitrogen and oxygen atoms in total. The first-order valence-electron chi connectivity index (χ1n) is 4.86. The number of methoxy groups -OCH3 is 1. The molecule has 0 bridgehead atoms. The summed E-state index contributed by atoms with van der Waals surface area (Å²) < 4.78 is 4.80. The van der Waals surface area contributed by atoms with E-state index in [0.717, 1.165) is 5.56 Å². The van der Waals surface area contributed by atoms with Crippen molar-refractivity contribution in [1.29, 1.82) is 0 Å². The van der Waals surface area contributed by atoms with Crippen molar-refractivity contribution in [3.63, 3.8) is 0 Å². The molecule has 0 aliphatic carbocycles. The zero-order valence-electron chi connectivity index (χ0n) is 9.70. The molecule has 1 amide bonds. The highest BCUT2D eigenvalue weighted by Crippen LogP contribution is 2.19. The number of carbonyl (C=O) groups is 1. The summed E-state index contributed by atoms with van der Waals surface area (Å²) in [5, 5.41) is 3.36. The molecular weight excluding hydrogens is 263 g/mol. The fourth-order valence-electron chi connectivity index (χ4n) is 1.25. The number of aryl methyl sites for hydroxylation is 1. The van der Waals surface area contributed by atoms with E-state index >= 15 is 0 Å². The lowest BCUT2D eigenvalue weighted by Gasteiger charge is -2.13. The summed E-state index contributed by atoms with van der Waals surface area (Å²) >= 11 is 5.81. The van der Waals surface area contributed by atoms with E-state index in [4.69, 9.17) is 22.1 Å². The van der Waals surface area contributed by atoms with Gasteiger partial charge in [0.25, 0.3) is 0 Å². The number of ether oxygens (including phenoxy) is 1. The summed E-state index contributed by atoms with van der Waals surface area (Å²) in [6, 6.07) is 4.57. The van der Waals surface area contributed by atoms with Crippen LogP contribution in [0.3, 0.4) is 0 Å². The van der Waals surface area contributed by atoms with Gasteiger partial charge in [0.1, 0.15) is 6.04 Å². The average Bonchev–Trinajstić information content (AvgIpc) is 2.22. The van der Waals surface area contributed by atoms with Crippen molar-refractivity contribution in [1.82, 2.24) is 0 Å². The lowest BCUT2D eigenvalue weighted by atomic mass is 10.2. The second-order valence-electron chi connectivity index (χ2n) is 3.51.